The Kier molecular flexibility index (Phi) is 53.3. The Hall–Kier alpha value is -1.47. The van der Waals surface area contributed by atoms with Crippen molar-refractivity contribution >= 4 is 5.91 Å². The van der Waals surface area contributed by atoms with Gasteiger partial charge in [0, 0.05) is 0 Å². The highest BCUT2D eigenvalue weighted by molar-refractivity contribution is 5.80. The summed E-state index contributed by atoms with van der Waals surface area (Å²) in [6, 6.07) is -1.01. The number of aliphatic hydroxyl groups excluding tert-OH is 4. The normalized spacial score (nSPS) is 14.0. The van der Waals surface area contributed by atoms with E-state index in [0.717, 1.165) is 51.4 Å². The molecule has 0 spiro atoms. The zero-order valence-corrected chi connectivity index (χ0v) is 44.2. The molecular weight excluding hydrogens is 815 g/mol. The fraction of sp³-hybridized carbons (Fsp3) is 0.883. The molecule has 6 nitrogen and oxygen atoms in total. The molecule has 0 aliphatic heterocycles. The predicted molar refractivity (Wildman–Crippen MR) is 288 cm³/mol. The minimum atomic E-state index is -1.29. The van der Waals surface area contributed by atoms with E-state index in [4.69, 9.17) is 0 Å². The summed E-state index contributed by atoms with van der Waals surface area (Å²) >= 11 is 0. The monoisotopic (exact) mass is 930 g/mol. The van der Waals surface area contributed by atoms with E-state index in [1.807, 2.05) is 0 Å². The molecule has 0 bridgehead atoms. The van der Waals surface area contributed by atoms with Crippen molar-refractivity contribution in [3.8, 4) is 0 Å². The average molecular weight is 931 g/mol. The molecule has 0 fully saturated rings. The molecule has 1 amide bonds. The third kappa shape index (κ3) is 47.6. The number of nitrogens with one attached hydrogen (secondary N) is 1. The summed E-state index contributed by atoms with van der Waals surface area (Å²) in [5.74, 6) is -0.595. The second-order valence-electron chi connectivity index (χ2n) is 20.3. The molecule has 4 atom stereocenters. The Labute approximate surface area is 411 Å². The molecule has 0 rings (SSSR count). The first-order chi connectivity index (χ1) is 32.5. The van der Waals surface area contributed by atoms with Crippen molar-refractivity contribution in [2.45, 2.75) is 334 Å². The predicted octanol–water partition coefficient (Wildman–Crippen LogP) is 17.2. The van der Waals surface area contributed by atoms with Crippen LogP contribution in [0.15, 0.2) is 36.5 Å². The summed E-state index contributed by atoms with van der Waals surface area (Å²) in [6.45, 7) is 4.08. The Bertz CT molecular complexity index is 1040. The van der Waals surface area contributed by atoms with Crippen molar-refractivity contribution in [3.05, 3.63) is 36.5 Å². The summed E-state index contributed by atoms with van der Waals surface area (Å²) in [6.07, 6.45) is 67.9. The smallest absolute Gasteiger partial charge is 0.249 e. The molecule has 0 radical (unpaired) electrons. The van der Waals surface area contributed by atoms with Gasteiger partial charge in [-0.25, -0.2) is 0 Å². The van der Waals surface area contributed by atoms with Crippen LogP contribution < -0.4 is 5.32 Å². The van der Waals surface area contributed by atoms with Gasteiger partial charge in [-0.1, -0.05) is 281 Å². The molecule has 6 heteroatoms. The maximum atomic E-state index is 12.6. The number of hydrogen-bond donors (Lipinski definition) is 5. The molecule has 4 unspecified atom stereocenters. The second kappa shape index (κ2) is 54.5. The zero-order chi connectivity index (χ0) is 48.1. The molecule has 0 aliphatic rings. The highest BCUT2D eigenvalue weighted by Crippen LogP contribution is 2.18. The molecule has 390 valence electrons. The van der Waals surface area contributed by atoms with E-state index >= 15 is 0 Å². The minimum absolute atomic E-state index is 0.362. The minimum Gasteiger partial charge on any atom is -0.394 e. The molecule has 0 heterocycles. The Morgan fingerprint density at radius 2 is 0.636 bits per heavy atom. The van der Waals surface area contributed by atoms with E-state index in [1.54, 1.807) is 0 Å². The van der Waals surface area contributed by atoms with Gasteiger partial charge in [0.25, 0.3) is 0 Å². The molecule has 0 aromatic carbocycles. The van der Waals surface area contributed by atoms with Crippen molar-refractivity contribution in [2.24, 2.45) is 0 Å². The lowest BCUT2D eigenvalue weighted by Gasteiger charge is -2.27. The number of unbranched alkanes of at least 4 members (excludes halogenated alkanes) is 39. The number of amides is 1. The van der Waals surface area contributed by atoms with Crippen molar-refractivity contribution in [2.75, 3.05) is 6.61 Å². The third-order valence-corrected chi connectivity index (χ3v) is 13.8. The quantitative estimate of drug-likeness (QED) is 0.0308. The highest BCUT2D eigenvalue weighted by atomic mass is 16.3. The SMILES string of the molecule is CCCCCCCCCCCCCCCCC/C=C/CC/C=C/CC/C=C/CCCC(O)C(O)C(CO)NC(=O)C(O)CCCCCCCCCCCCCCCCCCCCCCCC. The van der Waals surface area contributed by atoms with Crippen molar-refractivity contribution in [1.82, 2.24) is 5.32 Å². The van der Waals surface area contributed by atoms with Crippen LogP contribution in [-0.2, 0) is 4.79 Å². The van der Waals surface area contributed by atoms with E-state index in [-0.39, 0.29) is 0 Å². The summed E-state index contributed by atoms with van der Waals surface area (Å²) in [5.41, 5.74) is 0. The third-order valence-electron chi connectivity index (χ3n) is 13.8. The van der Waals surface area contributed by atoms with Crippen LogP contribution in [-0.4, -0.2) is 57.3 Å². The number of allylic oxidation sites excluding steroid dienone is 6. The van der Waals surface area contributed by atoms with E-state index in [2.05, 4.69) is 55.6 Å². The van der Waals surface area contributed by atoms with Crippen LogP contribution in [0, 0.1) is 0 Å². The largest absolute Gasteiger partial charge is 0.394 e. The molecule has 0 saturated carbocycles. The van der Waals surface area contributed by atoms with Crippen LogP contribution in [0.5, 0.6) is 0 Å². The molecule has 0 aliphatic carbocycles. The van der Waals surface area contributed by atoms with Crippen molar-refractivity contribution in [1.29, 1.82) is 0 Å². The Balaban J connectivity index is 3.68. The molecular formula is C60H115NO5. The van der Waals surface area contributed by atoms with E-state index in [1.165, 1.54) is 225 Å². The number of carbonyl (C=O) groups is 1. The van der Waals surface area contributed by atoms with Crippen LogP contribution in [0.3, 0.4) is 0 Å². The first-order valence-corrected chi connectivity index (χ1v) is 29.4. The van der Waals surface area contributed by atoms with Crippen molar-refractivity contribution < 1.29 is 25.2 Å². The summed E-state index contributed by atoms with van der Waals surface area (Å²) < 4.78 is 0. The van der Waals surface area contributed by atoms with Gasteiger partial charge in [0.05, 0.1) is 18.8 Å². The average Bonchev–Trinajstić information content (AvgIpc) is 3.32. The highest BCUT2D eigenvalue weighted by Gasteiger charge is 2.28. The van der Waals surface area contributed by atoms with Gasteiger partial charge in [0.2, 0.25) is 5.91 Å². The first-order valence-electron chi connectivity index (χ1n) is 29.4. The topological polar surface area (TPSA) is 110 Å². The van der Waals surface area contributed by atoms with Crippen LogP contribution >= 0.6 is 0 Å². The van der Waals surface area contributed by atoms with Gasteiger partial charge in [-0.15, -0.1) is 0 Å². The number of rotatable bonds is 54. The van der Waals surface area contributed by atoms with Crippen LogP contribution in [0.1, 0.15) is 309 Å². The number of aliphatic hydroxyl groups is 4. The summed E-state index contributed by atoms with van der Waals surface area (Å²) in [5, 5.41) is 44.0. The second-order valence-corrected chi connectivity index (χ2v) is 20.3. The Morgan fingerprint density at radius 3 is 0.955 bits per heavy atom. The van der Waals surface area contributed by atoms with Gasteiger partial charge in [0.1, 0.15) is 12.2 Å². The number of hydrogen-bond acceptors (Lipinski definition) is 5. The van der Waals surface area contributed by atoms with Crippen LogP contribution in [0.4, 0.5) is 0 Å². The maximum Gasteiger partial charge on any atom is 0.249 e. The maximum absolute atomic E-state index is 12.6. The van der Waals surface area contributed by atoms with Gasteiger partial charge in [-0.3, -0.25) is 4.79 Å². The van der Waals surface area contributed by atoms with Gasteiger partial charge >= 0.3 is 0 Å². The van der Waals surface area contributed by atoms with Crippen LogP contribution in [0.25, 0.3) is 0 Å². The molecule has 66 heavy (non-hydrogen) atoms. The van der Waals surface area contributed by atoms with Crippen molar-refractivity contribution in [3.63, 3.8) is 0 Å². The number of carbonyl (C=O) groups excluding carboxylic acids is 1. The fourth-order valence-electron chi connectivity index (χ4n) is 9.20. The Morgan fingerprint density at radius 1 is 0.364 bits per heavy atom. The summed E-state index contributed by atoms with van der Waals surface area (Å²) in [7, 11) is 0. The first kappa shape index (κ1) is 64.5. The lowest BCUT2D eigenvalue weighted by atomic mass is 10.00. The molecule has 0 aromatic rings. The van der Waals surface area contributed by atoms with E-state index in [0.29, 0.717) is 19.3 Å². The van der Waals surface area contributed by atoms with E-state index in [9.17, 15) is 25.2 Å². The van der Waals surface area contributed by atoms with Gasteiger partial charge in [0.15, 0.2) is 0 Å². The van der Waals surface area contributed by atoms with E-state index < -0.39 is 36.9 Å². The summed E-state index contributed by atoms with van der Waals surface area (Å²) in [4.78, 5) is 12.6. The lowest BCUT2D eigenvalue weighted by molar-refractivity contribution is -0.132. The van der Waals surface area contributed by atoms with Gasteiger partial charge in [-0.05, 0) is 64.2 Å². The van der Waals surface area contributed by atoms with Gasteiger partial charge < -0.3 is 25.7 Å². The van der Waals surface area contributed by atoms with Crippen LogP contribution in [0.2, 0.25) is 0 Å². The molecule has 5 N–H and O–H groups in total. The molecule has 0 aromatic heterocycles. The zero-order valence-electron chi connectivity index (χ0n) is 44.2. The van der Waals surface area contributed by atoms with Gasteiger partial charge in [-0.2, -0.15) is 0 Å². The fourth-order valence-corrected chi connectivity index (χ4v) is 9.20. The standard InChI is InChI=1S/C60H115NO5/c1-3-5-7-9-11-13-15-17-19-21-23-25-27-28-29-30-31-32-34-35-37-39-41-43-45-47-49-51-53-57(63)59(65)56(55-62)61-60(66)58(64)54-52-50-48-46-44-42-40-38-36-33-26-24-22-20-18-16-14-12-10-8-6-4-2/h31-32,37,39,45,47,56-59,62-65H,3-30,33-36,38,40-44,46,48-55H2,1-2H3,(H,61,66)/b32-31+,39-37+,47-45+. The lowest BCUT2D eigenvalue weighted by Crippen LogP contribution is -2.53. The molecule has 0 saturated heterocycles.